The van der Waals surface area contributed by atoms with E-state index in [1.807, 2.05) is 6.07 Å². The second-order valence-electron chi connectivity index (χ2n) is 7.70. The fraction of sp³-hybridized carbons (Fsp3) is 0.600. The van der Waals surface area contributed by atoms with Gasteiger partial charge in [-0.05, 0) is 63.6 Å². The van der Waals surface area contributed by atoms with Crippen molar-refractivity contribution in [3.05, 3.63) is 29.1 Å². The van der Waals surface area contributed by atoms with E-state index in [0.29, 0.717) is 31.1 Å². The fourth-order valence-electron chi connectivity index (χ4n) is 3.01. The maximum Gasteiger partial charge on any atom is 0.407 e. The van der Waals surface area contributed by atoms with E-state index < -0.39 is 17.5 Å². The summed E-state index contributed by atoms with van der Waals surface area (Å²) in [5.74, 6) is 0.164. The van der Waals surface area contributed by atoms with Gasteiger partial charge >= 0.3 is 6.09 Å². The summed E-state index contributed by atoms with van der Waals surface area (Å²) in [6.45, 7) is 6.18. The third-order valence-electron chi connectivity index (χ3n) is 4.26. The number of halogens is 1. The first-order valence-corrected chi connectivity index (χ1v) is 9.10. The van der Waals surface area contributed by atoms with E-state index >= 15 is 0 Å². The second-order valence-corrected chi connectivity index (χ2v) is 7.70. The SMILES string of the molecule is CC(C)(C)OC(=O)NCCc1cc(F)c(C#N)c(OCC2CCCC2)c1. The number of hydrogen-bond acceptors (Lipinski definition) is 4. The van der Waals surface area contributed by atoms with Gasteiger partial charge in [0.2, 0.25) is 0 Å². The summed E-state index contributed by atoms with van der Waals surface area (Å²) in [4.78, 5) is 11.7. The molecule has 0 heterocycles. The third-order valence-corrected chi connectivity index (χ3v) is 4.26. The van der Waals surface area contributed by atoms with E-state index in [-0.39, 0.29) is 11.3 Å². The molecule has 0 atom stereocenters. The Bertz CT molecular complexity index is 671. The number of carbonyl (C=O) groups is 1. The van der Waals surface area contributed by atoms with Crippen molar-refractivity contribution in [3.8, 4) is 11.8 Å². The van der Waals surface area contributed by atoms with Crippen LogP contribution in [0.5, 0.6) is 5.75 Å². The molecule has 1 N–H and O–H groups in total. The zero-order chi connectivity index (χ0) is 19.2. The molecule has 6 heteroatoms. The van der Waals surface area contributed by atoms with E-state index in [1.165, 1.54) is 18.9 Å². The predicted molar refractivity (Wildman–Crippen MR) is 96.5 cm³/mol. The minimum Gasteiger partial charge on any atom is -0.492 e. The van der Waals surface area contributed by atoms with Crippen LogP contribution >= 0.6 is 0 Å². The van der Waals surface area contributed by atoms with Crippen LogP contribution in [0.25, 0.3) is 0 Å². The number of benzene rings is 1. The molecule has 0 aromatic heterocycles. The Hall–Kier alpha value is -2.29. The van der Waals surface area contributed by atoms with Crippen LogP contribution in [0.15, 0.2) is 12.1 Å². The van der Waals surface area contributed by atoms with Crippen LogP contribution < -0.4 is 10.1 Å². The van der Waals surface area contributed by atoms with Crippen molar-refractivity contribution in [2.24, 2.45) is 5.92 Å². The fourth-order valence-corrected chi connectivity index (χ4v) is 3.01. The number of alkyl carbamates (subject to hydrolysis) is 1. The highest BCUT2D eigenvalue weighted by Gasteiger charge is 2.19. The first-order valence-electron chi connectivity index (χ1n) is 9.10. The predicted octanol–water partition coefficient (Wildman–Crippen LogP) is 4.33. The van der Waals surface area contributed by atoms with E-state index in [4.69, 9.17) is 9.47 Å². The van der Waals surface area contributed by atoms with Gasteiger partial charge in [0.25, 0.3) is 0 Å². The lowest BCUT2D eigenvalue weighted by molar-refractivity contribution is 0.0528. The minimum absolute atomic E-state index is 0.0631. The summed E-state index contributed by atoms with van der Waals surface area (Å²) in [5.41, 5.74) is 0.0390. The average Bonchev–Trinajstić information content (AvgIpc) is 3.04. The summed E-state index contributed by atoms with van der Waals surface area (Å²) in [7, 11) is 0. The van der Waals surface area contributed by atoms with Crippen LogP contribution in [0.1, 0.15) is 57.6 Å². The Balaban J connectivity index is 1.95. The van der Waals surface area contributed by atoms with Crippen molar-refractivity contribution < 1.29 is 18.7 Å². The van der Waals surface area contributed by atoms with Crippen molar-refractivity contribution >= 4 is 6.09 Å². The Morgan fingerprint density at radius 2 is 2.04 bits per heavy atom. The molecule has 5 nitrogen and oxygen atoms in total. The number of nitrogens with one attached hydrogen (secondary N) is 1. The van der Waals surface area contributed by atoms with Gasteiger partial charge in [0, 0.05) is 6.54 Å². The smallest absolute Gasteiger partial charge is 0.407 e. The number of amides is 1. The molecule has 1 saturated carbocycles. The van der Waals surface area contributed by atoms with Crippen molar-refractivity contribution in [2.75, 3.05) is 13.2 Å². The molecule has 0 spiro atoms. The van der Waals surface area contributed by atoms with Gasteiger partial charge in [0.05, 0.1) is 6.61 Å². The van der Waals surface area contributed by atoms with Crippen molar-refractivity contribution in [2.45, 2.75) is 58.5 Å². The van der Waals surface area contributed by atoms with Crippen molar-refractivity contribution in [1.82, 2.24) is 5.32 Å². The molecule has 0 aliphatic heterocycles. The topological polar surface area (TPSA) is 71.3 Å². The van der Waals surface area contributed by atoms with Gasteiger partial charge in [-0.25, -0.2) is 9.18 Å². The number of carbonyl (C=O) groups excluding carboxylic acids is 1. The lowest BCUT2D eigenvalue weighted by atomic mass is 10.1. The van der Waals surface area contributed by atoms with Gasteiger partial charge in [0.1, 0.15) is 28.8 Å². The van der Waals surface area contributed by atoms with E-state index in [1.54, 1.807) is 26.8 Å². The maximum atomic E-state index is 14.2. The highest BCUT2D eigenvalue weighted by molar-refractivity contribution is 5.67. The van der Waals surface area contributed by atoms with Crippen LogP contribution in [0, 0.1) is 23.1 Å². The first-order chi connectivity index (χ1) is 12.3. The molecular formula is C20H27FN2O3. The molecule has 1 fully saturated rings. The molecule has 1 aromatic carbocycles. The van der Waals surface area contributed by atoms with E-state index in [9.17, 15) is 14.4 Å². The molecule has 142 valence electrons. The lowest BCUT2D eigenvalue weighted by Gasteiger charge is -2.19. The zero-order valence-electron chi connectivity index (χ0n) is 15.7. The minimum atomic E-state index is -0.594. The van der Waals surface area contributed by atoms with Gasteiger partial charge in [-0.15, -0.1) is 0 Å². The summed E-state index contributed by atoms with van der Waals surface area (Å²) in [5, 5.41) is 11.8. The molecule has 0 saturated heterocycles. The van der Waals surface area contributed by atoms with Crippen LogP contribution in [-0.2, 0) is 11.2 Å². The molecule has 0 radical (unpaired) electrons. The molecule has 26 heavy (non-hydrogen) atoms. The van der Waals surface area contributed by atoms with Crippen molar-refractivity contribution in [3.63, 3.8) is 0 Å². The molecular weight excluding hydrogens is 335 g/mol. The largest absolute Gasteiger partial charge is 0.492 e. The number of nitrogens with zero attached hydrogens (tertiary/aromatic N) is 1. The van der Waals surface area contributed by atoms with E-state index in [0.717, 1.165) is 12.8 Å². The van der Waals surface area contributed by atoms with E-state index in [2.05, 4.69) is 5.32 Å². The van der Waals surface area contributed by atoms with Crippen LogP contribution in [0.3, 0.4) is 0 Å². The maximum absolute atomic E-state index is 14.2. The van der Waals surface area contributed by atoms with Crippen LogP contribution in [0.2, 0.25) is 0 Å². The Kier molecular flexibility index (Phi) is 6.84. The van der Waals surface area contributed by atoms with Gasteiger partial charge < -0.3 is 14.8 Å². The summed E-state index contributed by atoms with van der Waals surface area (Å²) < 4.78 is 25.1. The standard InChI is InChI=1S/C20H27FN2O3/c1-20(2,3)26-19(24)23-9-8-15-10-17(21)16(12-22)18(11-15)25-13-14-6-4-5-7-14/h10-11,14H,4-9,13H2,1-3H3,(H,23,24). The highest BCUT2D eigenvalue weighted by Crippen LogP contribution is 2.28. The number of rotatable bonds is 6. The van der Waals surface area contributed by atoms with Gasteiger partial charge in [0.15, 0.2) is 0 Å². The summed E-state index contributed by atoms with van der Waals surface area (Å²) in [6.07, 6.45) is 4.53. The quantitative estimate of drug-likeness (QED) is 0.817. The summed E-state index contributed by atoms with van der Waals surface area (Å²) in [6, 6.07) is 4.88. The molecule has 2 rings (SSSR count). The molecule has 1 aromatic rings. The number of nitriles is 1. The Labute approximate surface area is 154 Å². The Morgan fingerprint density at radius 3 is 2.65 bits per heavy atom. The monoisotopic (exact) mass is 362 g/mol. The molecule has 1 amide bonds. The molecule has 0 bridgehead atoms. The zero-order valence-corrected chi connectivity index (χ0v) is 15.7. The number of ether oxygens (including phenoxy) is 2. The summed E-state index contributed by atoms with van der Waals surface area (Å²) >= 11 is 0. The van der Waals surface area contributed by atoms with Gasteiger partial charge in [-0.1, -0.05) is 12.8 Å². The number of hydrogen-bond donors (Lipinski definition) is 1. The lowest BCUT2D eigenvalue weighted by Crippen LogP contribution is -2.33. The van der Waals surface area contributed by atoms with Crippen LogP contribution in [-0.4, -0.2) is 24.8 Å². The van der Waals surface area contributed by atoms with Crippen LogP contribution in [0.4, 0.5) is 9.18 Å². The highest BCUT2D eigenvalue weighted by atomic mass is 19.1. The second kappa shape index (κ2) is 8.88. The normalized spacial score (nSPS) is 14.7. The third kappa shape index (κ3) is 6.21. The van der Waals surface area contributed by atoms with Gasteiger partial charge in [-0.2, -0.15) is 5.26 Å². The first kappa shape index (κ1) is 20.0. The van der Waals surface area contributed by atoms with Gasteiger partial charge in [-0.3, -0.25) is 0 Å². The molecule has 0 unspecified atom stereocenters. The molecule has 1 aliphatic carbocycles. The average molecular weight is 362 g/mol. The molecule has 1 aliphatic rings. The Morgan fingerprint density at radius 1 is 1.35 bits per heavy atom. The van der Waals surface area contributed by atoms with Crippen molar-refractivity contribution in [1.29, 1.82) is 5.26 Å².